The van der Waals surface area contributed by atoms with E-state index in [1.807, 2.05) is 0 Å². The van der Waals surface area contributed by atoms with E-state index in [-0.39, 0.29) is 4.90 Å². The van der Waals surface area contributed by atoms with Gasteiger partial charge in [0.2, 0.25) is 0 Å². The number of hydrogen-bond acceptors (Lipinski definition) is 2. The van der Waals surface area contributed by atoms with Gasteiger partial charge in [0.05, 0.1) is 4.90 Å². The third-order valence-electron chi connectivity index (χ3n) is 5.18. The SMILES string of the molecule is O=S(=O)(O)c1ccc(CCC2CCC(c3ccccc3)CC2)cc1. The van der Waals surface area contributed by atoms with Crippen molar-refractivity contribution in [1.82, 2.24) is 0 Å². The second kappa shape index (κ2) is 7.49. The normalized spacial score (nSPS) is 21.5. The van der Waals surface area contributed by atoms with Crippen molar-refractivity contribution in [1.29, 1.82) is 0 Å². The summed E-state index contributed by atoms with van der Waals surface area (Å²) in [6, 6.07) is 17.4. The first-order valence-electron chi connectivity index (χ1n) is 8.64. The molecule has 2 aromatic carbocycles. The first-order valence-corrected chi connectivity index (χ1v) is 10.1. The Morgan fingerprint density at radius 1 is 0.875 bits per heavy atom. The molecule has 0 aromatic heterocycles. The van der Waals surface area contributed by atoms with Crippen LogP contribution in [0.1, 0.15) is 49.1 Å². The van der Waals surface area contributed by atoms with E-state index in [1.165, 1.54) is 43.4 Å². The van der Waals surface area contributed by atoms with E-state index in [4.69, 9.17) is 4.55 Å². The zero-order valence-electron chi connectivity index (χ0n) is 13.8. The van der Waals surface area contributed by atoms with Crippen LogP contribution in [0.25, 0.3) is 0 Å². The van der Waals surface area contributed by atoms with E-state index in [9.17, 15) is 8.42 Å². The highest BCUT2D eigenvalue weighted by molar-refractivity contribution is 7.85. The highest BCUT2D eigenvalue weighted by atomic mass is 32.2. The van der Waals surface area contributed by atoms with Gasteiger partial charge >= 0.3 is 0 Å². The highest BCUT2D eigenvalue weighted by Crippen LogP contribution is 2.37. The topological polar surface area (TPSA) is 54.4 Å². The summed E-state index contributed by atoms with van der Waals surface area (Å²) < 4.78 is 31.1. The molecule has 1 fully saturated rings. The lowest BCUT2D eigenvalue weighted by molar-refractivity contribution is 0.310. The Morgan fingerprint density at radius 2 is 1.50 bits per heavy atom. The van der Waals surface area contributed by atoms with Gasteiger partial charge in [-0.05, 0) is 73.6 Å². The van der Waals surface area contributed by atoms with Crippen LogP contribution in [0.2, 0.25) is 0 Å². The molecular weight excluding hydrogens is 320 g/mol. The van der Waals surface area contributed by atoms with E-state index < -0.39 is 10.1 Å². The maximum Gasteiger partial charge on any atom is 0.294 e. The Kier molecular flexibility index (Phi) is 5.36. The Balaban J connectivity index is 1.48. The van der Waals surface area contributed by atoms with Crippen LogP contribution in [-0.4, -0.2) is 13.0 Å². The fourth-order valence-corrected chi connectivity index (χ4v) is 4.19. The minimum atomic E-state index is -4.09. The van der Waals surface area contributed by atoms with Crippen LogP contribution in [0.5, 0.6) is 0 Å². The lowest BCUT2D eigenvalue weighted by Crippen LogP contribution is -2.14. The molecule has 0 unspecified atom stereocenters. The van der Waals surface area contributed by atoms with Gasteiger partial charge in [0.1, 0.15) is 0 Å². The molecule has 0 heterocycles. The van der Waals surface area contributed by atoms with Gasteiger partial charge in [-0.2, -0.15) is 8.42 Å². The fourth-order valence-electron chi connectivity index (χ4n) is 3.71. The Labute approximate surface area is 144 Å². The molecule has 1 N–H and O–H groups in total. The second-order valence-electron chi connectivity index (χ2n) is 6.79. The largest absolute Gasteiger partial charge is 0.294 e. The first-order chi connectivity index (χ1) is 11.5. The maximum atomic E-state index is 11.1. The van der Waals surface area contributed by atoms with Gasteiger partial charge in [-0.1, -0.05) is 42.5 Å². The summed E-state index contributed by atoms with van der Waals surface area (Å²) in [5.41, 5.74) is 2.60. The van der Waals surface area contributed by atoms with E-state index in [0.717, 1.165) is 24.3 Å². The van der Waals surface area contributed by atoms with Crippen molar-refractivity contribution in [3.63, 3.8) is 0 Å². The molecule has 0 spiro atoms. The van der Waals surface area contributed by atoms with Gasteiger partial charge in [0.15, 0.2) is 0 Å². The summed E-state index contributed by atoms with van der Waals surface area (Å²) >= 11 is 0. The monoisotopic (exact) mass is 344 g/mol. The van der Waals surface area contributed by atoms with Crippen molar-refractivity contribution in [2.75, 3.05) is 0 Å². The summed E-state index contributed by atoms with van der Waals surface area (Å²) in [6.45, 7) is 0. The average molecular weight is 344 g/mol. The molecule has 0 saturated heterocycles. The number of hydrogen-bond donors (Lipinski definition) is 1. The molecule has 3 nitrogen and oxygen atoms in total. The van der Waals surface area contributed by atoms with Crippen molar-refractivity contribution >= 4 is 10.1 Å². The summed E-state index contributed by atoms with van der Waals surface area (Å²) in [6.07, 6.45) is 7.16. The van der Waals surface area contributed by atoms with E-state index >= 15 is 0 Å². The Morgan fingerprint density at radius 3 is 2.08 bits per heavy atom. The summed E-state index contributed by atoms with van der Waals surface area (Å²) in [4.78, 5) is -0.0328. The van der Waals surface area contributed by atoms with Gasteiger partial charge in [-0.15, -0.1) is 0 Å². The van der Waals surface area contributed by atoms with Crippen molar-refractivity contribution in [3.05, 3.63) is 65.7 Å². The van der Waals surface area contributed by atoms with Crippen LogP contribution in [0, 0.1) is 5.92 Å². The predicted molar refractivity (Wildman–Crippen MR) is 95.7 cm³/mol. The van der Waals surface area contributed by atoms with Crippen molar-refractivity contribution in [2.45, 2.75) is 49.3 Å². The number of aryl methyl sites for hydroxylation is 1. The van der Waals surface area contributed by atoms with Gasteiger partial charge in [-0.25, -0.2) is 0 Å². The summed E-state index contributed by atoms with van der Waals surface area (Å²) in [7, 11) is -4.09. The van der Waals surface area contributed by atoms with Crippen LogP contribution in [0.3, 0.4) is 0 Å². The molecule has 24 heavy (non-hydrogen) atoms. The molecule has 0 bridgehead atoms. The van der Waals surface area contributed by atoms with Crippen LogP contribution in [-0.2, 0) is 16.5 Å². The minimum Gasteiger partial charge on any atom is -0.282 e. The van der Waals surface area contributed by atoms with Gasteiger partial charge in [0.25, 0.3) is 10.1 Å². The molecular formula is C20H24O3S. The average Bonchev–Trinajstić information content (AvgIpc) is 2.61. The molecule has 4 heteroatoms. The molecule has 1 aliphatic rings. The summed E-state index contributed by atoms with van der Waals surface area (Å²) in [5, 5.41) is 0. The van der Waals surface area contributed by atoms with E-state index in [0.29, 0.717) is 5.92 Å². The molecule has 3 rings (SSSR count). The second-order valence-corrected chi connectivity index (χ2v) is 8.21. The Bertz CT molecular complexity index is 743. The van der Waals surface area contributed by atoms with Crippen LogP contribution < -0.4 is 0 Å². The van der Waals surface area contributed by atoms with Gasteiger partial charge < -0.3 is 0 Å². The molecule has 0 amide bonds. The zero-order valence-corrected chi connectivity index (χ0v) is 14.6. The quantitative estimate of drug-likeness (QED) is 0.790. The van der Waals surface area contributed by atoms with Gasteiger partial charge in [-0.3, -0.25) is 4.55 Å². The van der Waals surface area contributed by atoms with Crippen LogP contribution in [0.4, 0.5) is 0 Å². The third kappa shape index (κ3) is 4.46. The number of benzene rings is 2. The molecule has 0 aliphatic heterocycles. The third-order valence-corrected chi connectivity index (χ3v) is 6.05. The van der Waals surface area contributed by atoms with Crippen LogP contribution in [0.15, 0.2) is 59.5 Å². The van der Waals surface area contributed by atoms with Crippen molar-refractivity contribution in [3.8, 4) is 0 Å². The maximum absolute atomic E-state index is 11.1. The molecule has 2 aromatic rings. The van der Waals surface area contributed by atoms with Crippen LogP contribution >= 0.6 is 0 Å². The van der Waals surface area contributed by atoms with E-state index in [1.54, 1.807) is 12.1 Å². The lowest BCUT2D eigenvalue weighted by Gasteiger charge is -2.28. The fraction of sp³-hybridized carbons (Fsp3) is 0.400. The first kappa shape index (κ1) is 17.2. The molecule has 1 aliphatic carbocycles. The summed E-state index contributed by atoms with van der Waals surface area (Å²) in [5.74, 6) is 1.46. The molecule has 1 saturated carbocycles. The smallest absolute Gasteiger partial charge is 0.282 e. The molecule has 0 atom stereocenters. The Hall–Kier alpha value is -1.65. The molecule has 128 valence electrons. The standard InChI is InChI=1S/C20H24O3S/c21-24(22,23)20-14-10-17(11-15-20)7-6-16-8-12-19(13-9-16)18-4-2-1-3-5-18/h1-5,10-11,14-16,19H,6-9,12-13H2,(H,21,22,23). The number of rotatable bonds is 5. The lowest BCUT2D eigenvalue weighted by atomic mass is 9.77. The van der Waals surface area contributed by atoms with Gasteiger partial charge in [0, 0.05) is 0 Å². The highest BCUT2D eigenvalue weighted by Gasteiger charge is 2.22. The van der Waals surface area contributed by atoms with E-state index in [2.05, 4.69) is 30.3 Å². The van der Waals surface area contributed by atoms with Crippen molar-refractivity contribution < 1.29 is 13.0 Å². The zero-order chi connectivity index (χ0) is 17.0. The molecule has 0 radical (unpaired) electrons. The predicted octanol–water partition coefficient (Wildman–Crippen LogP) is 4.84. The van der Waals surface area contributed by atoms with Crippen molar-refractivity contribution in [2.24, 2.45) is 5.92 Å². The minimum absolute atomic E-state index is 0.0328.